The molecule has 0 spiro atoms. The van der Waals surface area contributed by atoms with Gasteiger partial charge >= 0.3 is 10.2 Å². The Morgan fingerprint density at radius 1 is 1.18 bits per heavy atom. The number of aryl methyl sites for hydroxylation is 2. The van der Waals surface area contributed by atoms with Crippen LogP contribution in [0, 0.1) is 6.92 Å². The Bertz CT molecular complexity index is 1450. The van der Waals surface area contributed by atoms with Crippen molar-refractivity contribution in [1.29, 1.82) is 0 Å². The van der Waals surface area contributed by atoms with Crippen LogP contribution in [0.15, 0.2) is 30.5 Å². The van der Waals surface area contributed by atoms with E-state index in [1.807, 2.05) is 22.9 Å². The fraction of sp³-hybridized carbons (Fsp3) is 0.440. The van der Waals surface area contributed by atoms with Crippen molar-refractivity contribution in [3.05, 3.63) is 60.9 Å². The Balaban J connectivity index is 1.55. The smallest absolute Gasteiger partial charge is 0.303 e. The van der Waals surface area contributed by atoms with Gasteiger partial charge in [-0.05, 0) is 56.9 Å². The topological polar surface area (TPSA) is 122 Å². The van der Waals surface area contributed by atoms with Crippen molar-refractivity contribution < 1.29 is 22.7 Å². The van der Waals surface area contributed by atoms with E-state index in [0.29, 0.717) is 47.1 Å². The number of carbonyl (C=O) groups is 2. The molecule has 0 aliphatic heterocycles. The fourth-order valence-corrected chi connectivity index (χ4v) is 6.71. The highest BCUT2D eigenvalue weighted by atomic mass is 35.5. The van der Waals surface area contributed by atoms with E-state index in [1.54, 1.807) is 31.2 Å². The minimum atomic E-state index is -3.96. The largest absolute Gasteiger partial charge is 0.495 e. The number of hydrogen-bond acceptors (Lipinski definition) is 9. The van der Waals surface area contributed by atoms with Crippen LogP contribution in [0.2, 0.25) is 4.34 Å². The van der Waals surface area contributed by atoms with Gasteiger partial charge in [-0.1, -0.05) is 11.6 Å². The predicted octanol–water partition coefficient (Wildman–Crippen LogP) is 3.80. The summed E-state index contributed by atoms with van der Waals surface area (Å²) in [4.78, 5) is 39.0. The fourth-order valence-electron chi connectivity index (χ4n) is 4.12. The van der Waals surface area contributed by atoms with Crippen LogP contribution in [0.1, 0.15) is 50.2 Å². The summed E-state index contributed by atoms with van der Waals surface area (Å²) in [5.74, 6) is -0.232. The first-order valence-electron chi connectivity index (χ1n) is 12.2. The summed E-state index contributed by atoms with van der Waals surface area (Å²) in [6.45, 7) is 2.37. The number of carbonyl (C=O) groups excluding carboxylic acids is 2. The SMILES string of the molecule is COc1ccc(C2(C(=O)N(CCCc3ccc(Cl)s3)Cc3nc(C(=O)NS(=O)(=O)N(C)C)c(C)s3)CC2)nc1. The lowest BCUT2D eigenvalue weighted by molar-refractivity contribution is -0.134. The summed E-state index contributed by atoms with van der Waals surface area (Å²) < 4.78 is 33.1. The van der Waals surface area contributed by atoms with Gasteiger partial charge in [-0.2, -0.15) is 12.7 Å². The van der Waals surface area contributed by atoms with Crippen LogP contribution in [0.25, 0.3) is 0 Å². The van der Waals surface area contributed by atoms with Crippen molar-refractivity contribution in [3.63, 3.8) is 0 Å². The molecule has 1 N–H and O–H groups in total. The third-order valence-corrected chi connectivity index (χ3v) is 10.1. The number of thiazole rings is 1. The summed E-state index contributed by atoms with van der Waals surface area (Å²) >= 11 is 8.86. The molecular weight excluding hydrogens is 582 g/mol. The molecule has 0 radical (unpaired) electrons. The lowest BCUT2D eigenvalue weighted by Gasteiger charge is -2.26. The molecule has 4 rings (SSSR count). The van der Waals surface area contributed by atoms with Crippen molar-refractivity contribution in [2.24, 2.45) is 0 Å². The molecule has 3 heterocycles. The van der Waals surface area contributed by atoms with E-state index >= 15 is 0 Å². The Hall–Kier alpha value is -2.58. The van der Waals surface area contributed by atoms with E-state index in [9.17, 15) is 18.0 Å². The molecule has 3 aromatic heterocycles. The molecule has 210 valence electrons. The number of nitrogens with zero attached hydrogens (tertiary/aromatic N) is 4. The molecule has 0 bridgehead atoms. The second-order valence-corrected chi connectivity index (χ2v) is 14.4. The first-order valence-corrected chi connectivity index (χ1v) is 15.7. The number of aromatic nitrogens is 2. The molecule has 14 heteroatoms. The maximum absolute atomic E-state index is 14.0. The first-order chi connectivity index (χ1) is 18.4. The van der Waals surface area contributed by atoms with Gasteiger partial charge in [0.2, 0.25) is 5.91 Å². The van der Waals surface area contributed by atoms with E-state index < -0.39 is 21.5 Å². The van der Waals surface area contributed by atoms with Crippen molar-refractivity contribution in [3.8, 4) is 5.75 Å². The van der Waals surface area contributed by atoms with Gasteiger partial charge < -0.3 is 9.64 Å². The average molecular weight is 612 g/mol. The summed E-state index contributed by atoms with van der Waals surface area (Å²) in [6.07, 6.45) is 4.48. The van der Waals surface area contributed by atoms with E-state index in [2.05, 4.69) is 9.97 Å². The van der Waals surface area contributed by atoms with Crippen molar-refractivity contribution >= 4 is 56.3 Å². The molecule has 0 atom stereocenters. The predicted molar refractivity (Wildman–Crippen MR) is 152 cm³/mol. The molecule has 0 aromatic carbocycles. The number of pyridine rings is 1. The molecular formula is C25H30ClN5O5S3. The van der Waals surface area contributed by atoms with Crippen LogP contribution in [-0.2, 0) is 33.4 Å². The van der Waals surface area contributed by atoms with Crippen LogP contribution in [0.3, 0.4) is 0 Å². The van der Waals surface area contributed by atoms with Gasteiger partial charge in [0.05, 0.1) is 35.3 Å². The Labute approximate surface area is 241 Å². The second kappa shape index (κ2) is 11.9. The number of rotatable bonds is 12. The summed E-state index contributed by atoms with van der Waals surface area (Å²) in [5.41, 5.74) is 0.0248. The van der Waals surface area contributed by atoms with Gasteiger partial charge in [-0.15, -0.1) is 22.7 Å². The third kappa shape index (κ3) is 6.77. The zero-order valence-electron chi connectivity index (χ0n) is 22.1. The highest BCUT2D eigenvalue weighted by Crippen LogP contribution is 2.49. The highest BCUT2D eigenvalue weighted by Gasteiger charge is 2.54. The van der Waals surface area contributed by atoms with Crippen molar-refractivity contribution in [1.82, 2.24) is 23.9 Å². The van der Waals surface area contributed by atoms with E-state index in [-0.39, 0.29) is 18.1 Å². The molecule has 39 heavy (non-hydrogen) atoms. The Morgan fingerprint density at radius 3 is 2.49 bits per heavy atom. The van der Waals surface area contributed by atoms with Crippen molar-refractivity contribution in [2.75, 3.05) is 27.7 Å². The van der Waals surface area contributed by atoms with E-state index in [0.717, 1.165) is 19.9 Å². The zero-order chi connectivity index (χ0) is 28.4. The average Bonchev–Trinajstić information content (AvgIpc) is 3.47. The quantitative estimate of drug-likeness (QED) is 0.331. The molecule has 3 aromatic rings. The maximum Gasteiger partial charge on any atom is 0.303 e. The van der Waals surface area contributed by atoms with Crippen LogP contribution < -0.4 is 9.46 Å². The zero-order valence-corrected chi connectivity index (χ0v) is 25.3. The number of thiophene rings is 1. The minimum absolute atomic E-state index is 0.0269. The second-order valence-electron chi connectivity index (χ2n) is 9.43. The Morgan fingerprint density at radius 2 is 1.92 bits per heavy atom. The maximum atomic E-state index is 14.0. The molecule has 1 fully saturated rings. The molecule has 1 aliphatic rings. The number of nitrogens with one attached hydrogen (secondary N) is 1. The molecule has 0 unspecified atom stereocenters. The van der Waals surface area contributed by atoms with Gasteiger partial charge in [-0.25, -0.2) is 9.71 Å². The molecule has 2 amide bonds. The van der Waals surface area contributed by atoms with Crippen LogP contribution in [0.5, 0.6) is 5.75 Å². The normalized spacial score (nSPS) is 14.3. The standard InChI is InChI=1S/C25H30ClN5O5S3/c1-16-22(23(32)29-39(34,35)30(2)3)28-21(37-16)15-31(13-5-6-18-8-10-20(26)38-18)24(33)25(11-12-25)19-9-7-17(36-4)14-27-19/h7-10,14H,5-6,11-13,15H2,1-4H3,(H,29,32). The van der Waals surface area contributed by atoms with Crippen LogP contribution in [-0.4, -0.2) is 67.2 Å². The monoisotopic (exact) mass is 611 g/mol. The summed E-state index contributed by atoms with van der Waals surface area (Å²) in [6, 6.07) is 7.48. The summed E-state index contributed by atoms with van der Waals surface area (Å²) in [5, 5.41) is 0.547. The number of ether oxygens (including phenoxy) is 1. The van der Waals surface area contributed by atoms with Crippen LogP contribution in [0.4, 0.5) is 0 Å². The van der Waals surface area contributed by atoms with Gasteiger partial charge in [0.25, 0.3) is 5.91 Å². The van der Waals surface area contributed by atoms with E-state index in [4.69, 9.17) is 16.3 Å². The number of halogens is 1. The molecule has 0 saturated heterocycles. The minimum Gasteiger partial charge on any atom is -0.495 e. The van der Waals surface area contributed by atoms with Gasteiger partial charge in [0.15, 0.2) is 0 Å². The van der Waals surface area contributed by atoms with Gasteiger partial charge in [0.1, 0.15) is 16.5 Å². The lowest BCUT2D eigenvalue weighted by Crippen LogP contribution is -2.40. The van der Waals surface area contributed by atoms with Crippen molar-refractivity contribution in [2.45, 2.75) is 44.6 Å². The molecule has 1 saturated carbocycles. The number of amides is 2. The third-order valence-electron chi connectivity index (χ3n) is 6.47. The lowest BCUT2D eigenvalue weighted by atomic mass is 9.99. The highest BCUT2D eigenvalue weighted by molar-refractivity contribution is 7.87. The molecule has 1 aliphatic carbocycles. The van der Waals surface area contributed by atoms with Crippen LogP contribution >= 0.6 is 34.3 Å². The Kier molecular flexibility index (Phi) is 8.96. The number of hydrogen-bond donors (Lipinski definition) is 1. The molecule has 10 nitrogen and oxygen atoms in total. The van der Waals surface area contributed by atoms with Gasteiger partial charge in [0, 0.05) is 30.4 Å². The summed E-state index contributed by atoms with van der Waals surface area (Å²) in [7, 11) is 0.258. The number of methoxy groups -OCH3 is 1. The van der Waals surface area contributed by atoms with Gasteiger partial charge in [-0.3, -0.25) is 14.6 Å². The van der Waals surface area contributed by atoms with E-state index in [1.165, 1.54) is 36.8 Å². The first kappa shape index (κ1) is 29.4.